The maximum atomic E-state index is 6.21. The highest BCUT2D eigenvalue weighted by atomic mass is 16.5. The molecule has 0 amide bonds. The Morgan fingerprint density at radius 3 is 2.76 bits per heavy atom. The smallest absolute Gasteiger partial charge is 0.139 e. The Balaban J connectivity index is 1.23. The molecule has 0 radical (unpaired) electrons. The van der Waals surface area contributed by atoms with Crippen molar-refractivity contribution in [3.05, 3.63) is 48.9 Å². The minimum Gasteiger partial charge on any atom is -0.489 e. The standard InChI is InChI=1S/C28H30N8O/c1-2-12-36(13-3-1)25-8-11-31-28-21(25)15-24(33-28)27-26-23(34-35-27)5-4-22(32-26)18-14-20(17-30-16-18)37-19-6-9-29-10-7-19/h4-5,8,11,14-17,19,29H,1-3,6-7,9-10,12-13H2,(H,31,33)(H,34,35). The Bertz CT molecular complexity index is 1540. The van der Waals surface area contributed by atoms with Crippen LogP contribution in [0.4, 0.5) is 5.69 Å². The van der Waals surface area contributed by atoms with Crippen molar-refractivity contribution in [1.82, 2.24) is 35.5 Å². The topological polar surface area (TPSA) is 108 Å². The first-order chi connectivity index (χ1) is 18.3. The van der Waals surface area contributed by atoms with Gasteiger partial charge in [0.05, 0.1) is 23.1 Å². The van der Waals surface area contributed by atoms with E-state index in [2.05, 4.69) is 47.5 Å². The fraction of sp³-hybridized carbons (Fsp3) is 0.357. The normalized spacial score (nSPS) is 17.0. The quantitative estimate of drug-likeness (QED) is 0.325. The number of nitrogens with one attached hydrogen (secondary N) is 3. The van der Waals surface area contributed by atoms with Gasteiger partial charge in [-0.25, -0.2) is 9.97 Å². The van der Waals surface area contributed by atoms with Crippen LogP contribution in [0, 0.1) is 0 Å². The summed E-state index contributed by atoms with van der Waals surface area (Å²) in [7, 11) is 0. The number of aromatic amines is 2. The van der Waals surface area contributed by atoms with Crippen molar-refractivity contribution >= 4 is 27.8 Å². The van der Waals surface area contributed by atoms with E-state index in [0.29, 0.717) is 0 Å². The van der Waals surface area contributed by atoms with Crippen LogP contribution in [0.15, 0.2) is 48.9 Å². The van der Waals surface area contributed by atoms with E-state index in [9.17, 15) is 0 Å². The molecule has 2 aliphatic heterocycles. The number of H-pyrrole nitrogens is 2. The maximum absolute atomic E-state index is 6.21. The van der Waals surface area contributed by atoms with Crippen molar-refractivity contribution in [1.29, 1.82) is 0 Å². The predicted molar refractivity (Wildman–Crippen MR) is 145 cm³/mol. The fourth-order valence-corrected chi connectivity index (χ4v) is 5.53. The molecule has 188 valence electrons. The second kappa shape index (κ2) is 9.48. The van der Waals surface area contributed by atoms with Crippen LogP contribution in [0.3, 0.4) is 0 Å². The molecule has 0 saturated carbocycles. The zero-order valence-corrected chi connectivity index (χ0v) is 20.7. The molecule has 0 spiro atoms. The lowest BCUT2D eigenvalue weighted by Crippen LogP contribution is -2.34. The van der Waals surface area contributed by atoms with E-state index in [1.165, 1.54) is 24.9 Å². The maximum Gasteiger partial charge on any atom is 0.139 e. The molecule has 2 fully saturated rings. The van der Waals surface area contributed by atoms with Crippen LogP contribution in [0.1, 0.15) is 32.1 Å². The molecular weight excluding hydrogens is 464 g/mol. The number of piperidine rings is 2. The predicted octanol–water partition coefficient (Wildman–Crippen LogP) is 4.68. The number of anilines is 1. The van der Waals surface area contributed by atoms with Crippen LogP contribution in [0.25, 0.3) is 44.7 Å². The monoisotopic (exact) mass is 494 g/mol. The summed E-state index contributed by atoms with van der Waals surface area (Å²) in [6.45, 7) is 4.15. The van der Waals surface area contributed by atoms with E-state index in [4.69, 9.17) is 9.72 Å². The van der Waals surface area contributed by atoms with Gasteiger partial charge in [0.15, 0.2) is 0 Å². The molecule has 0 aromatic carbocycles. The first kappa shape index (κ1) is 22.2. The zero-order chi connectivity index (χ0) is 24.6. The second-order valence-corrected chi connectivity index (χ2v) is 9.96. The van der Waals surface area contributed by atoms with Crippen molar-refractivity contribution in [2.45, 2.75) is 38.2 Å². The number of pyridine rings is 3. The highest BCUT2D eigenvalue weighted by Gasteiger charge is 2.19. The molecule has 0 atom stereocenters. The van der Waals surface area contributed by atoms with E-state index in [0.717, 1.165) is 89.5 Å². The summed E-state index contributed by atoms with van der Waals surface area (Å²) in [6, 6.07) is 10.3. The molecule has 0 bridgehead atoms. The Morgan fingerprint density at radius 2 is 1.86 bits per heavy atom. The Labute approximate surface area is 214 Å². The minimum absolute atomic E-state index is 0.222. The number of hydrogen-bond acceptors (Lipinski definition) is 7. The molecule has 9 heteroatoms. The number of hydrogen-bond donors (Lipinski definition) is 3. The summed E-state index contributed by atoms with van der Waals surface area (Å²) < 4.78 is 6.21. The van der Waals surface area contributed by atoms with Gasteiger partial charge in [0, 0.05) is 42.1 Å². The largest absolute Gasteiger partial charge is 0.489 e. The minimum atomic E-state index is 0.222. The third-order valence-electron chi connectivity index (χ3n) is 7.47. The number of aromatic nitrogens is 6. The highest BCUT2D eigenvalue weighted by molar-refractivity contribution is 5.97. The summed E-state index contributed by atoms with van der Waals surface area (Å²) >= 11 is 0. The summed E-state index contributed by atoms with van der Waals surface area (Å²) in [4.78, 5) is 20.0. The van der Waals surface area contributed by atoms with Crippen LogP contribution in [-0.4, -0.2) is 62.4 Å². The van der Waals surface area contributed by atoms with Gasteiger partial charge in [-0.05, 0) is 75.5 Å². The number of fused-ring (bicyclic) bond motifs is 2. The van der Waals surface area contributed by atoms with Gasteiger partial charge in [0.25, 0.3) is 0 Å². The average Bonchev–Trinajstić information content (AvgIpc) is 3.58. The van der Waals surface area contributed by atoms with Gasteiger partial charge >= 0.3 is 0 Å². The molecule has 7 heterocycles. The lowest BCUT2D eigenvalue weighted by molar-refractivity contribution is 0.162. The molecule has 3 N–H and O–H groups in total. The van der Waals surface area contributed by atoms with E-state index in [1.54, 1.807) is 6.20 Å². The van der Waals surface area contributed by atoms with Gasteiger partial charge < -0.3 is 19.9 Å². The van der Waals surface area contributed by atoms with Gasteiger partial charge in [-0.15, -0.1) is 0 Å². The molecule has 7 rings (SSSR count). The molecule has 2 aliphatic rings. The van der Waals surface area contributed by atoms with Gasteiger partial charge in [-0.3, -0.25) is 10.1 Å². The molecule has 2 saturated heterocycles. The van der Waals surface area contributed by atoms with Crippen molar-refractivity contribution in [2.24, 2.45) is 0 Å². The third-order valence-corrected chi connectivity index (χ3v) is 7.47. The van der Waals surface area contributed by atoms with Gasteiger partial charge in [-0.1, -0.05) is 0 Å². The van der Waals surface area contributed by atoms with Crippen molar-refractivity contribution in [3.8, 4) is 28.4 Å². The van der Waals surface area contributed by atoms with Crippen molar-refractivity contribution in [2.75, 3.05) is 31.1 Å². The van der Waals surface area contributed by atoms with Crippen LogP contribution in [-0.2, 0) is 0 Å². The van der Waals surface area contributed by atoms with E-state index in [-0.39, 0.29) is 6.10 Å². The first-order valence-corrected chi connectivity index (χ1v) is 13.2. The summed E-state index contributed by atoms with van der Waals surface area (Å²) in [5.74, 6) is 0.783. The molecule has 9 nitrogen and oxygen atoms in total. The lowest BCUT2D eigenvalue weighted by Gasteiger charge is -2.29. The average molecular weight is 495 g/mol. The highest BCUT2D eigenvalue weighted by Crippen LogP contribution is 2.34. The van der Waals surface area contributed by atoms with Gasteiger partial charge in [-0.2, -0.15) is 5.10 Å². The summed E-state index contributed by atoms with van der Waals surface area (Å²) in [5, 5.41) is 12.3. The van der Waals surface area contributed by atoms with Crippen LogP contribution in [0.2, 0.25) is 0 Å². The number of rotatable bonds is 5. The Hall–Kier alpha value is -3.98. The van der Waals surface area contributed by atoms with E-state index < -0.39 is 0 Å². The summed E-state index contributed by atoms with van der Waals surface area (Å²) in [5.41, 5.74) is 7.26. The Kier molecular flexibility index (Phi) is 5.70. The fourth-order valence-electron chi connectivity index (χ4n) is 5.53. The van der Waals surface area contributed by atoms with Crippen molar-refractivity contribution < 1.29 is 4.74 Å². The molecule has 5 aromatic rings. The molecule has 0 unspecified atom stereocenters. The van der Waals surface area contributed by atoms with E-state index in [1.807, 2.05) is 30.6 Å². The molecule has 0 aliphatic carbocycles. The van der Waals surface area contributed by atoms with Crippen molar-refractivity contribution in [3.63, 3.8) is 0 Å². The lowest BCUT2D eigenvalue weighted by atomic mass is 10.1. The number of ether oxygens (including phenoxy) is 1. The molecule has 37 heavy (non-hydrogen) atoms. The van der Waals surface area contributed by atoms with Gasteiger partial charge in [0.1, 0.15) is 28.7 Å². The molecule has 5 aromatic heterocycles. The van der Waals surface area contributed by atoms with Crippen LogP contribution in [0.5, 0.6) is 5.75 Å². The van der Waals surface area contributed by atoms with E-state index >= 15 is 0 Å². The SMILES string of the molecule is c1cc(N2CCCCC2)c2cc(-c3n[nH]c4ccc(-c5cncc(OC6CCNCC6)c5)nc34)[nH]c2n1. The summed E-state index contributed by atoms with van der Waals surface area (Å²) in [6.07, 6.45) is 11.5. The first-order valence-electron chi connectivity index (χ1n) is 13.2. The Morgan fingerprint density at radius 1 is 0.973 bits per heavy atom. The van der Waals surface area contributed by atoms with Crippen LogP contribution >= 0.6 is 0 Å². The third kappa shape index (κ3) is 4.29. The number of nitrogens with zero attached hydrogens (tertiary/aromatic N) is 5. The molecular formula is C28H30N8O. The second-order valence-electron chi connectivity index (χ2n) is 9.96. The zero-order valence-electron chi connectivity index (χ0n) is 20.7. The van der Waals surface area contributed by atoms with Crippen LogP contribution < -0.4 is 15.0 Å². The van der Waals surface area contributed by atoms with Gasteiger partial charge in [0.2, 0.25) is 0 Å².